The van der Waals surface area contributed by atoms with Crippen molar-refractivity contribution in [3.05, 3.63) is 60.8 Å². The lowest BCUT2D eigenvalue weighted by Crippen LogP contribution is -2.28. The van der Waals surface area contributed by atoms with Crippen LogP contribution in [0.5, 0.6) is 0 Å². The number of allylic oxidation sites excluding steroid dienone is 10. The monoisotopic (exact) mass is 727 g/mol. The van der Waals surface area contributed by atoms with E-state index in [1.54, 1.807) is 0 Å². The first-order valence-electron chi connectivity index (χ1n) is 21.8. The second-order valence-electron chi connectivity index (χ2n) is 14.4. The van der Waals surface area contributed by atoms with Crippen molar-refractivity contribution in [2.75, 3.05) is 13.2 Å². The number of esters is 2. The zero-order valence-corrected chi connectivity index (χ0v) is 34.1. The number of carbonyl (C=O) groups excluding carboxylic acids is 2. The third-order valence-corrected chi connectivity index (χ3v) is 9.30. The first-order chi connectivity index (χ1) is 25.6. The number of hydrogen-bond donors (Lipinski definition) is 1. The largest absolute Gasteiger partial charge is 0.462 e. The Bertz CT molecular complexity index is 915. The van der Waals surface area contributed by atoms with Crippen LogP contribution in [0.2, 0.25) is 0 Å². The number of rotatable bonds is 39. The molecule has 0 aliphatic heterocycles. The third kappa shape index (κ3) is 40.4. The van der Waals surface area contributed by atoms with Gasteiger partial charge in [-0.05, 0) is 77.0 Å². The molecule has 0 spiro atoms. The number of unbranched alkanes of at least 4 members (excludes halogenated alkanes) is 21. The van der Waals surface area contributed by atoms with E-state index in [1.165, 1.54) is 103 Å². The summed E-state index contributed by atoms with van der Waals surface area (Å²) in [6.45, 7) is 4.00. The van der Waals surface area contributed by atoms with Crippen LogP contribution in [-0.4, -0.2) is 36.4 Å². The molecule has 0 aliphatic carbocycles. The Labute approximate surface area is 321 Å². The summed E-state index contributed by atoms with van der Waals surface area (Å²) in [4.78, 5) is 24.3. The lowest BCUT2D eigenvalue weighted by Gasteiger charge is -2.15. The molecule has 0 bridgehead atoms. The molecule has 0 unspecified atom stereocenters. The van der Waals surface area contributed by atoms with E-state index < -0.39 is 6.10 Å². The molecular weight excluding hydrogens is 645 g/mol. The molecule has 0 rings (SSSR count). The Morgan fingerprint density at radius 2 is 0.827 bits per heavy atom. The van der Waals surface area contributed by atoms with Gasteiger partial charge in [-0.1, -0.05) is 177 Å². The Morgan fingerprint density at radius 1 is 0.462 bits per heavy atom. The highest BCUT2D eigenvalue weighted by Crippen LogP contribution is 2.14. The summed E-state index contributed by atoms with van der Waals surface area (Å²) in [6, 6.07) is 0. The average Bonchev–Trinajstić information content (AvgIpc) is 3.15. The maximum Gasteiger partial charge on any atom is 0.306 e. The smallest absolute Gasteiger partial charge is 0.306 e. The summed E-state index contributed by atoms with van der Waals surface area (Å²) in [5.41, 5.74) is 0. The quantitative estimate of drug-likeness (QED) is 0.0388. The molecule has 0 saturated heterocycles. The van der Waals surface area contributed by atoms with Crippen molar-refractivity contribution < 1.29 is 24.2 Å². The van der Waals surface area contributed by atoms with Gasteiger partial charge in [-0.15, -0.1) is 0 Å². The summed E-state index contributed by atoms with van der Waals surface area (Å²) in [7, 11) is 0. The van der Waals surface area contributed by atoms with Gasteiger partial charge in [0.05, 0.1) is 6.61 Å². The molecule has 1 atom stereocenters. The molecule has 300 valence electrons. The van der Waals surface area contributed by atoms with Crippen molar-refractivity contribution in [1.29, 1.82) is 0 Å². The van der Waals surface area contributed by atoms with Crippen LogP contribution in [0.15, 0.2) is 60.8 Å². The zero-order chi connectivity index (χ0) is 37.8. The lowest BCUT2D eigenvalue weighted by molar-refractivity contribution is -0.161. The van der Waals surface area contributed by atoms with Crippen molar-refractivity contribution in [2.24, 2.45) is 0 Å². The van der Waals surface area contributed by atoms with Crippen molar-refractivity contribution >= 4 is 11.9 Å². The van der Waals surface area contributed by atoms with Crippen molar-refractivity contribution in [3.63, 3.8) is 0 Å². The SMILES string of the molecule is CCC=CCC=CCC=CCC=CCCCCCCC(=O)O[C@@H](CO)COC(=O)CCCCCCCCCCCCCC=CCCCCCCCC. The highest BCUT2D eigenvalue weighted by molar-refractivity contribution is 5.70. The van der Waals surface area contributed by atoms with Gasteiger partial charge in [0.25, 0.3) is 0 Å². The molecule has 0 aromatic rings. The molecule has 5 nitrogen and oxygen atoms in total. The van der Waals surface area contributed by atoms with Crippen LogP contribution in [0.3, 0.4) is 0 Å². The van der Waals surface area contributed by atoms with Gasteiger partial charge in [0, 0.05) is 12.8 Å². The van der Waals surface area contributed by atoms with Crippen molar-refractivity contribution in [1.82, 2.24) is 0 Å². The van der Waals surface area contributed by atoms with Gasteiger partial charge < -0.3 is 14.6 Å². The summed E-state index contributed by atoms with van der Waals surface area (Å²) < 4.78 is 10.6. The molecule has 0 aromatic carbocycles. The second-order valence-corrected chi connectivity index (χ2v) is 14.4. The number of hydrogen-bond acceptors (Lipinski definition) is 5. The van der Waals surface area contributed by atoms with Gasteiger partial charge in [-0.25, -0.2) is 0 Å². The van der Waals surface area contributed by atoms with Gasteiger partial charge in [0.1, 0.15) is 6.61 Å². The maximum atomic E-state index is 12.2. The molecule has 0 amide bonds. The molecule has 0 saturated carbocycles. The van der Waals surface area contributed by atoms with Crippen LogP contribution in [0.4, 0.5) is 0 Å². The topological polar surface area (TPSA) is 72.8 Å². The molecule has 0 aromatic heterocycles. The third-order valence-electron chi connectivity index (χ3n) is 9.30. The number of aliphatic hydroxyl groups excluding tert-OH is 1. The summed E-state index contributed by atoms with van der Waals surface area (Å²) in [6.07, 6.45) is 55.8. The number of ether oxygens (including phenoxy) is 2. The summed E-state index contributed by atoms with van der Waals surface area (Å²) in [5.74, 6) is -0.619. The fourth-order valence-electron chi connectivity index (χ4n) is 6.01. The van der Waals surface area contributed by atoms with E-state index in [9.17, 15) is 14.7 Å². The standard InChI is InChI=1S/C47H82O5/c1-3-5-7-9-11-13-15-17-19-21-22-23-24-26-27-29-31-33-35-37-39-41-46(49)51-44-45(43-48)52-47(50)42-40-38-36-34-32-30-28-25-20-18-16-14-12-10-8-6-4-2/h6,8,12,14,17-20,28,30,45,48H,3-5,7,9-11,13,15-16,21-27,29,31-44H2,1-2H3/t45-/m0/s1. The molecule has 5 heteroatoms. The van der Waals surface area contributed by atoms with Gasteiger partial charge in [0.2, 0.25) is 0 Å². The molecule has 0 fully saturated rings. The summed E-state index contributed by atoms with van der Waals surface area (Å²) >= 11 is 0. The first kappa shape index (κ1) is 49.6. The van der Waals surface area contributed by atoms with E-state index in [1.807, 2.05) is 0 Å². The Morgan fingerprint density at radius 3 is 1.27 bits per heavy atom. The lowest BCUT2D eigenvalue weighted by atomic mass is 10.0. The zero-order valence-electron chi connectivity index (χ0n) is 34.1. The van der Waals surface area contributed by atoms with Crippen LogP contribution in [-0.2, 0) is 19.1 Å². The molecular formula is C47H82O5. The first-order valence-corrected chi connectivity index (χ1v) is 21.8. The molecule has 0 aliphatic rings. The van der Waals surface area contributed by atoms with E-state index in [-0.39, 0.29) is 25.2 Å². The fourth-order valence-corrected chi connectivity index (χ4v) is 6.01. The van der Waals surface area contributed by atoms with Crippen molar-refractivity contribution in [2.45, 2.75) is 213 Å². The Kier molecular flexibility index (Phi) is 41.0. The van der Waals surface area contributed by atoms with Crippen LogP contribution < -0.4 is 0 Å². The minimum Gasteiger partial charge on any atom is -0.462 e. The van der Waals surface area contributed by atoms with Crippen LogP contribution >= 0.6 is 0 Å². The number of carbonyl (C=O) groups is 2. The maximum absolute atomic E-state index is 12.2. The highest BCUT2D eigenvalue weighted by atomic mass is 16.6. The Balaban J connectivity index is 3.56. The average molecular weight is 727 g/mol. The van der Waals surface area contributed by atoms with Crippen LogP contribution in [0.1, 0.15) is 206 Å². The fraction of sp³-hybridized carbons (Fsp3) is 0.745. The van der Waals surface area contributed by atoms with Gasteiger partial charge in [-0.2, -0.15) is 0 Å². The van der Waals surface area contributed by atoms with Gasteiger partial charge >= 0.3 is 11.9 Å². The van der Waals surface area contributed by atoms with E-state index in [0.29, 0.717) is 12.8 Å². The Hall–Kier alpha value is -2.40. The normalized spacial score (nSPS) is 12.8. The minimum absolute atomic E-state index is 0.0775. The summed E-state index contributed by atoms with van der Waals surface area (Å²) in [5, 5.41) is 9.58. The molecule has 0 heterocycles. The predicted molar refractivity (Wildman–Crippen MR) is 223 cm³/mol. The van der Waals surface area contributed by atoms with Gasteiger partial charge in [0.15, 0.2) is 6.10 Å². The number of aliphatic hydroxyl groups is 1. The molecule has 1 N–H and O–H groups in total. The van der Waals surface area contributed by atoms with Crippen LogP contribution in [0.25, 0.3) is 0 Å². The second kappa shape index (κ2) is 43.0. The van der Waals surface area contributed by atoms with E-state index >= 15 is 0 Å². The van der Waals surface area contributed by atoms with E-state index in [2.05, 4.69) is 74.6 Å². The van der Waals surface area contributed by atoms with Gasteiger partial charge in [-0.3, -0.25) is 9.59 Å². The molecule has 52 heavy (non-hydrogen) atoms. The van der Waals surface area contributed by atoms with E-state index in [0.717, 1.165) is 77.0 Å². The van der Waals surface area contributed by atoms with Crippen molar-refractivity contribution in [3.8, 4) is 0 Å². The highest BCUT2D eigenvalue weighted by Gasteiger charge is 2.16. The van der Waals surface area contributed by atoms with Crippen LogP contribution in [0, 0.1) is 0 Å². The predicted octanol–water partition coefficient (Wildman–Crippen LogP) is 14.0. The minimum atomic E-state index is -0.786. The van der Waals surface area contributed by atoms with E-state index in [4.69, 9.17) is 9.47 Å². The molecule has 0 radical (unpaired) electrons.